The number of rotatable bonds is 6. The van der Waals surface area contributed by atoms with E-state index < -0.39 is 0 Å². The van der Waals surface area contributed by atoms with E-state index in [9.17, 15) is 5.11 Å². The van der Waals surface area contributed by atoms with Crippen LogP contribution < -0.4 is 0 Å². The van der Waals surface area contributed by atoms with Crippen LogP contribution in [0.5, 0.6) is 5.75 Å². The standard InChI is InChI=1S/C62H60N4O3S/c1-59(2,3)33-39-32-50-56(68-39)53-57(70-50)52(63-34-64-53)44-28-36(27-43-41-21-16-17-24-49(41)69-55(43)44)40-22-18-23-48-51(40)65-58(45-30-38(61(7,8)9)31-46(54(45)67)62(10,11)12)66(48)47-26-25-37(60(4,5)6)29-42(47)35-19-14-13-15-20-35/h13-32,34,67H,33H2,1-12H3. The van der Waals surface area contributed by atoms with E-state index in [1.807, 2.05) is 12.1 Å². The van der Waals surface area contributed by atoms with Crippen molar-refractivity contribution < 1.29 is 13.9 Å². The summed E-state index contributed by atoms with van der Waals surface area (Å²) in [6.45, 7) is 26.6. The van der Waals surface area contributed by atoms with Gasteiger partial charge >= 0.3 is 0 Å². The van der Waals surface area contributed by atoms with Crippen molar-refractivity contribution in [3.8, 4) is 56.3 Å². The minimum Gasteiger partial charge on any atom is -0.507 e. The molecule has 0 fully saturated rings. The summed E-state index contributed by atoms with van der Waals surface area (Å²) in [5.74, 6) is 1.86. The average Bonchev–Trinajstić information content (AvgIpc) is 4.07. The van der Waals surface area contributed by atoms with Gasteiger partial charge in [-0.3, -0.25) is 4.57 Å². The van der Waals surface area contributed by atoms with Crippen molar-refractivity contribution in [2.45, 2.75) is 106 Å². The third kappa shape index (κ3) is 7.77. The molecule has 6 aromatic carbocycles. The first kappa shape index (κ1) is 45.4. The van der Waals surface area contributed by atoms with E-state index in [0.29, 0.717) is 11.4 Å². The number of imidazole rings is 1. The number of phenols is 1. The Kier molecular flexibility index (Phi) is 10.4. The van der Waals surface area contributed by atoms with Gasteiger partial charge in [-0.2, -0.15) is 0 Å². The Hall–Kier alpha value is -7.03. The molecule has 8 heteroatoms. The fourth-order valence-electron chi connectivity index (χ4n) is 9.98. The molecule has 5 heterocycles. The second-order valence-electron chi connectivity index (χ2n) is 23.4. The van der Waals surface area contributed by atoms with Crippen LogP contribution in [0.15, 0.2) is 136 Å². The van der Waals surface area contributed by atoms with Crippen LogP contribution in [0, 0.1) is 5.41 Å². The third-order valence-corrected chi connectivity index (χ3v) is 14.7. The van der Waals surface area contributed by atoms with E-state index in [4.69, 9.17) is 23.8 Å². The van der Waals surface area contributed by atoms with Crippen LogP contribution in [0.25, 0.3) is 104 Å². The number of fused-ring (bicyclic) bond motifs is 7. The minimum atomic E-state index is -0.350. The molecule has 0 aliphatic carbocycles. The smallest absolute Gasteiger partial charge is 0.171 e. The lowest BCUT2D eigenvalue weighted by atomic mass is 9.79. The van der Waals surface area contributed by atoms with Gasteiger partial charge in [0.15, 0.2) is 5.58 Å². The van der Waals surface area contributed by atoms with Gasteiger partial charge in [-0.25, -0.2) is 15.0 Å². The van der Waals surface area contributed by atoms with Crippen molar-refractivity contribution >= 4 is 64.8 Å². The molecule has 0 saturated heterocycles. The Morgan fingerprint density at radius 1 is 0.571 bits per heavy atom. The molecule has 0 atom stereocenters. The van der Waals surface area contributed by atoms with Gasteiger partial charge in [-0.15, -0.1) is 11.3 Å². The van der Waals surface area contributed by atoms with Gasteiger partial charge in [0.05, 0.1) is 37.4 Å². The Balaban J connectivity index is 1.22. The highest BCUT2D eigenvalue weighted by Gasteiger charge is 2.31. The minimum absolute atomic E-state index is 0.0794. The number of phenolic OH excluding ortho intramolecular Hbond substituents is 1. The molecule has 0 radical (unpaired) electrons. The highest BCUT2D eigenvalue weighted by atomic mass is 32.1. The fourth-order valence-corrected chi connectivity index (χ4v) is 11.1. The number of benzene rings is 6. The first-order chi connectivity index (χ1) is 33.1. The summed E-state index contributed by atoms with van der Waals surface area (Å²) in [5.41, 5.74) is 14.9. The molecule has 1 N–H and O–H groups in total. The van der Waals surface area contributed by atoms with Crippen molar-refractivity contribution in [2.75, 3.05) is 0 Å². The summed E-state index contributed by atoms with van der Waals surface area (Å²) >= 11 is 1.66. The highest BCUT2D eigenvalue weighted by molar-refractivity contribution is 7.26. The number of furan rings is 2. The number of aromatic hydroxyl groups is 1. The zero-order valence-corrected chi connectivity index (χ0v) is 43.1. The van der Waals surface area contributed by atoms with Crippen LogP contribution in [-0.4, -0.2) is 24.6 Å². The second kappa shape index (κ2) is 16.0. The Labute approximate surface area is 413 Å². The maximum Gasteiger partial charge on any atom is 0.171 e. The maximum atomic E-state index is 12.7. The van der Waals surface area contributed by atoms with Gasteiger partial charge in [0.2, 0.25) is 0 Å². The van der Waals surface area contributed by atoms with Crippen molar-refractivity contribution in [3.63, 3.8) is 0 Å². The molecule has 0 aliphatic rings. The van der Waals surface area contributed by atoms with Gasteiger partial charge in [-0.05, 0) is 92.4 Å². The molecule has 0 bridgehead atoms. The topological polar surface area (TPSA) is 90.1 Å². The lowest BCUT2D eigenvalue weighted by molar-refractivity contribution is 0.371. The predicted octanol–water partition coefficient (Wildman–Crippen LogP) is 17.5. The van der Waals surface area contributed by atoms with Crippen molar-refractivity contribution in [2.24, 2.45) is 5.41 Å². The van der Waals surface area contributed by atoms with Crippen molar-refractivity contribution in [1.29, 1.82) is 0 Å². The van der Waals surface area contributed by atoms with Gasteiger partial charge in [0.1, 0.15) is 40.3 Å². The van der Waals surface area contributed by atoms with Gasteiger partial charge in [0.25, 0.3) is 0 Å². The average molecular weight is 941 g/mol. The molecule has 352 valence electrons. The van der Waals surface area contributed by atoms with Crippen LogP contribution in [-0.2, 0) is 22.7 Å². The molecular formula is C62H60N4O3S. The SMILES string of the molecule is CC(C)(C)Cc1cc2sc3c(-c4cc(-c5cccc6c5nc(-c5cc(C(C)(C)C)cc(C(C)(C)C)c5O)n6-c5ccc(C(C)(C)C)cc5-c5ccccc5)cc5c4oc4ccccc45)ncnc3c2o1. The predicted molar refractivity (Wildman–Crippen MR) is 292 cm³/mol. The normalized spacial score (nSPS) is 13.0. The quantitative estimate of drug-likeness (QED) is 0.179. The summed E-state index contributed by atoms with van der Waals surface area (Å²) in [7, 11) is 0. The van der Waals surface area contributed by atoms with Gasteiger partial charge < -0.3 is 13.9 Å². The first-order valence-electron chi connectivity index (χ1n) is 24.3. The van der Waals surface area contributed by atoms with Crippen molar-refractivity contribution in [3.05, 3.63) is 150 Å². The molecule has 0 saturated carbocycles. The van der Waals surface area contributed by atoms with Gasteiger partial charge in [-0.1, -0.05) is 156 Å². The van der Waals surface area contributed by atoms with E-state index >= 15 is 0 Å². The number of nitrogens with zero attached hydrogens (tertiary/aromatic N) is 4. The zero-order chi connectivity index (χ0) is 49.2. The summed E-state index contributed by atoms with van der Waals surface area (Å²) < 4.78 is 17.6. The monoisotopic (exact) mass is 940 g/mol. The first-order valence-corrected chi connectivity index (χ1v) is 25.2. The summed E-state index contributed by atoms with van der Waals surface area (Å²) in [4.78, 5) is 15.6. The van der Waals surface area contributed by atoms with E-state index in [-0.39, 0.29) is 27.4 Å². The second-order valence-corrected chi connectivity index (χ2v) is 24.4. The highest BCUT2D eigenvalue weighted by Crippen LogP contribution is 2.48. The summed E-state index contributed by atoms with van der Waals surface area (Å²) in [6, 6.07) is 43.0. The van der Waals surface area contributed by atoms with Crippen LogP contribution in [0.4, 0.5) is 0 Å². The van der Waals surface area contributed by atoms with Crippen LogP contribution in [0.2, 0.25) is 0 Å². The van der Waals surface area contributed by atoms with E-state index in [1.165, 1.54) is 5.56 Å². The molecule has 0 aliphatic heterocycles. The molecular weight excluding hydrogens is 881 g/mol. The Morgan fingerprint density at radius 3 is 2.03 bits per heavy atom. The number of aromatic nitrogens is 4. The molecule has 0 unspecified atom stereocenters. The Morgan fingerprint density at radius 2 is 1.30 bits per heavy atom. The van der Waals surface area contributed by atoms with Crippen molar-refractivity contribution in [1.82, 2.24) is 19.5 Å². The maximum absolute atomic E-state index is 12.7. The zero-order valence-electron chi connectivity index (χ0n) is 42.3. The lowest BCUT2D eigenvalue weighted by Crippen LogP contribution is -2.17. The molecule has 7 nitrogen and oxygen atoms in total. The van der Waals surface area contributed by atoms with E-state index in [0.717, 1.165) is 116 Å². The van der Waals surface area contributed by atoms with Crippen LogP contribution in [0.1, 0.15) is 106 Å². The number of hydrogen-bond acceptors (Lipinski definition) is 7. The van der Waals surface area contributed by atoms with Crippen LogP contribution >= 0.6 is 11.3 Å². The number of thiophene rings is 1. The Bertz CT molecular complexity index is 3860. The summed E-state index contributed by atoms with van der Waals surface area (Å²) in [5, 5.41) is 14.6. The molecule has 70 heavy (non-hydrogen) atoms. The summed E-state index contributed by atoms with van der Waals surface area (Å²) in [6.07, 6.45) is 2.47. The molecule has 0 spiro atoms. The largest absolute Gasteiger partial charge is 0.507 e. The van der Waals surface area contributed by atoms with E-state index in [1.54, 1.807) is 17.7 Å². The number of para-hydroxylation sites is 2. The lowest BCUT2D eigenvalue weighted by Gasteiger charge is -2.28. The number of hydrogen-bond donors (Lipinski definition) is 1. The molecule has 0 amide bonds. The van der Waals surface area contributed by atoms with E-state index in [2.05, 4.69) is 197 Å². The van der Waals surface area contributed by atoms with Crippen LogP contribution in [0.3, 0.4) is 0 Å². The fraction of sp³-hybridized carbons (Fsp3) is 0.274. The molecule has 11 rings (SSSR count). The third-order valence-electron chi connectivity index (χ3n) is 13.6. The molecule has 5 aromatic heterocycles. The molecule has 11 aromatic rings. The van der Waals surface area contributed by atoms with Gasteiger partial charge in [0, 0.05) is 39.4 Å².